The number of aliphatic hydroxyl groups is 1. The van der Waals surface area contributed by atoms with Gasteiger partial charge in [-0.2, -0.15) is 0 Å². The van der Waals surface area contributed by atoms with Crippen molar-refractivity contribution in [3.8, 4) is 0 Å². The molecule has 2 fully saturated rings. The van der Waals surface area contributed by atoms with Crippen LogP contribution in [-0.4, -0.2) is 78.4 Å². The van der Waals surface area contributed by atoms with Crippen molar-refractivity contribution >= 4 is 11.4 Å². The predicted octanol–water partition coefficient (Wildman–Crippen LogP) is 3.99. The van der Waals surface area contributed by atoms with Crippen molar-refractivity contribution in [2.45, 2.75) is 58.8 Å². The third-order valence-electron chi connectivity index (χ3n) is 7.17. The largest absolute Gasteiger partial charge is 0.389 e. The molecule has 0 spiro atoms. The fourth-order valence-corrected chi connectivity index (χ4v) is 5.55. The molecular weight excluding hydrogens is 408 g/mol. The number of benzene rings is 2. The lowest BCUT2D eigenvalue weighted by molar-refractivity contribution is 0.0308. The molecule has 0 unspecified atom stereocenters. The first kappa shape index (κ1) is 24.1. The van der Waals surface area contributed by atoms with Crippen molar-refractivity contribution in [2.75, 3.05) is 55.6 Å². The Morgan fingerprint density at radius 3 is 2.30 bits per heavy atom. The molecule has 2 aliphatic heterocycles. The van der Waals surface area contributed by atoms with Crippen LogP contribution in [0.4, 0.5) is 11.4 Å². The lowest BCUT2D eigenvalue weighted by Gasteiger charge is -2.43. The number of rotatable bonds is 6. The van der Waals surface area contributed by atoms with E-state index in [1.165, 1.54) is 22.5 Å². The average molecular weight is 451 g/mol. The van der Waals surface area contributed by atoms with Gasteiger partial charge in [0.05, 0.1) is 5.60 Å². The highest BCUT2D eigenvalue weighted by molar-refractivity contribution is 5.62. The fraction of sp³-hybridized carbons (Fsp3) is 0.571. The standard InChI is InChI=1S/C28H42N4O/c1-22-17-26(32-16-13-29(18-24(32)3)21-28(4,5)33)11-12-27(22)31-15-14-30(23(2)19-31)20-25-9-7-6-8-10-25/h6-12,17,23-24,33H,13-16,18-21H2,1-5H3/t23-,24+/m0/s1. The van der Waals surface area contributed by atoms with Crippen molar-refractivity contribution in [1.29, 1.82) is 0 Å². The fourth-order valence-electron chi connectivity index (χ4n) is 5.55. The zero-order valence-corrected chi connectivity index (χ0v) is 21.2. The molecule has 2 aromatic carbocycles. The summed E-state index contributed by atoms with van der Waals surface area (Å²) in [4.78, 5) is 10.1. The van der Waals surface area contributed by atoms with Crippen molar-refractivity contribution in [1.82, 2.24) is 9.80 Å². The van der Waals surface area contributed by atoms with Gasteiger partial charge < -0.3 is 14.9 Å². The van der Waals surface area contributed by atoms with Gasteiger partial charge in [-0.25, -0.2) is 0 Å². The number of hydrogen-bond donors (Lipinski definition) is 1. The average Bonchev–Trinajstić information content (AvgIpc) is 2.75. The van der Waals surface area contributed by atoms with E-state index in [-0.39, 0.29) is 0 Å². The summed E-state index contributed by atoms with van der Waals surface area (Å²) in [6.07, 6.45) is 0. The van der Waals surface area contributed by atoms with Crippen LogP contribution in [0.3, 0.4) is 0 Å². The number of hydrogen-bond acceptors (Lipinski definition) is 5. The Balaban J connectivity index is 1.37. The molecule has 2 heterocycles. The molecule has 180 valence electrons. The molecule has 0 aliphatic carbocycles. The molecule has 33 heavy (non-hydrogen) atoms. The smallest absolute Gasteiger partial charge is 0.0718 e. The molecule has 0 aromatic heterocycles. The summed E-state index contributed by atoms with van der Waals surface area (Å²) in [6.45, 7) is 18.7. The third kappa shape index (κ3) is 6.08. The van der Waals surface area contributed by atoms with Crippen LogP contribution in [0.15, 0.2) is 48.5 Å². The van der Waals surface area contributed by atoms with E-state index in [9.17, 15) is 5.11 Å². The summed E-state index contributed by atoms with van der Waals surface area (Å²) in [7, 11) is 0. The Bertz CT molecular complexity index is 910. The molecule has 2 aliphatic rings. The predicted molar refractivity (Wildman–Crippen MR) is 139 cm³/mol. The second kappa shape index (κ2) is 10.0. The van der Waals surface area contributed by atoms with Crippen molar-refractivity contribution in [3.05, 3.63) is 59.7 Å². The van der Waals surface area contributed by atoms with Gasteiger partial charge in [-0.3, -0.25) is 9.80 Å². The van der Waals surface area contributed by atoms with E-state index in [2.05, 4.69) is 88.9 Å². The van der Waals surface area contributed by atoms with Gasteiger partial charge in [-0.15, -0.1) is 0 Å². The van der Waals surface area contributed by atoms with Gasteiger partial charge in [0.25, 0.3) is 0 Å². The number of nitrogens with zero attached hydrogens (tertiary/aromatic N) is 4. The Morgan fingerprint density at radius 2 is 1.67 bits per heavy atom. The van der Waals surface area contributed by atoms with E-state index in [4.69, 9.17) is 0 Å². The van der Waals surface area contributed by atoms with Crippen LogP contribution >= 0.6 is 0 Å². The summed E-state index contributed by atoms with van der Waals surface area (Å²) in [5.74, 6) is 0. The Morgan fingerprint density at radius 1 is 0.909 bits per heavy atom. The summed E-state index contributed by atoms with van der Waals surface area (Å²) in [6, 6.07) is 18.8. The molecular formula is C28H42N4O. The van der Waals surface area contributed by atoms with Crippen LogP contribution in [0.5, 0.6) is 0 Å². The van der Waals surface area contributed by atoms with E-state index >= 15 is 0 Å². The minimum absolute atomic E-state index is 0.438. The summed E-state index contributed by atoms with van der Waals surface area (Å²) in [5, 5.41) is 10.2. The normalized spacial score (nSPS) is 23.2. The number of piperazine rings is 2. The molecule has 2 saturated heterocycles. The van der Waals surface area contributed by atoms with Crippen LogP contribution < -0.4 is 9.80 Å². The number of anilines is 2. The van der Waals surface area contributed by atoms with Gasteiger partial charge in [0.1, 0.15) is 0 Å². The zero-order valence-electron chi connectivity index (χ0n) is 21.2. The molecule has 0 saturated carbocycles. The van der Waals surface area contributed by atoms with Crippen LogP contribution in [0.25, 0.3) is 0 Å². The van der Waals surface area contributed by atoms with Gasteiger partial charge in [0.2, 0.25) is 0 Å². The highest BCUT2D eigenvalue weighted by atomic mass is 16.3. The first-order valence-electron chi connectivity index (χ1n) is 12.5. The topological polar surface area (TPSA) is 33.2 Å². The summed E-state index contributed by atoms with van der Waals surface area (Å²) >= 11 is 0. The highest BCUT2D eigenvalue weighted by Gasteiger charge is 2.28. The van der Waals surface area contributed by atoms with E-state index in [1.807, 2.05) is 13.8 Å². The minimum atomic E-state index is -0.637. The SMILES string of the molecule is Cc1cc(N2CCN(CC(C)(C)O)C[C@H]2C)ccc1N1CCN(Cc2ccccc2)[C@@H](C)C1. The highest BCUT2D eigenvalue weighted by Crippen LogP contribution is 2.30. The van der Waals surface area contributed by atoms with Gasteiger partial charge in [0, 0.05) is 75.8 Å². The lowest BCUT2D eigenvalue weighted by atomic mass is 10.0. The van der Waals surface area contributed by atoms with Crippen LogP contribution in [0.2, 0.25) is 0 Å². The molecule has 0 radical (unpaired) electrons. The monoisotopic (exact) mass is 450 g/mol. The third-order valence-corrected chi connectivity index (χ3v) is 7.17. The molecule has 0 amide bonds. The Hall–Kier alpha value is -2.08. The van der Waals surface area contributed by atoms with Gasteiger partial charge in [-0.1, -0.05) is 30.3 Å². The maximum atomic E-state index is 10.2. The molecule has 4 rings (SSSR count). The Labute approximate surface area is 200 Å². The maximum Gasteiger partial charge on any atom is 0.0718 e. The Kier molecular flexibility index (Phi) is 7.32. The van der Waals surface area contributed by atoms with E-state index < -0.39 is 5.60 Å². The maximum absolute atomic E-state index is 10.2. The van der Waals surface area contributed by atoms with Crippen molar-refractivity contribution < 1.29 is 5.11 Å². The van der Waals surface area contributed by atoms with Crippen molar-refractivity contribution in [3.63, 3.8) is 0 Å². The quantitative estimate of drug-likeness (QED) is 0.720. The van der Waals surface area contributed by atoms with Gasteiger partial charge in [-0.05, 0) is 63.9 Å². The summed E-state index contributed by atoms with van der Waals surface area (Å²) in [5.41, 5.74) is 4.82. The molecule has 2 atom stereocenters. The van der Waals surface area contributed by atoms with Gasteiger partial charge in [0.15, 0.2) is 0 Å². The van der Waals surface area contributed by atoms with E-state index in [1.54, 1.807) is 0 Å². The molecule has 1 N–H and O–H groups in total. The van der Waals surface area contributed by atoms with Crippen LogP contribution in [0, 0.1) is 6.92 Å². The second-order valence-corrected chi connectivity index (χ2v) is 10.8. The number of β-amino-alcohol motifs (C(OH)–C–C–N with tert-alkyl or cyclic N) is 1. The van der Waals surface area contributed by atoms with E-state index in [0.717, 1.165) is 52.4 Å². The van der Waals surface area contributed by atoms with Crippen molar-refractivity contribution in [2.24, 2.45) is 0 Å². The first-order chi connectivity index (χ1) is 15.7. The zero-order chi connectivity index (χ0) is 23.6. The lowest BCUT2D eigenvalue weighted by Crippen LogP contribution is -2.54. The second-order valence-electron chi connectivity index (χ2n) is 10.8. The molecule has 5 nitrogen and oxygen atoms in total. The van der Waals surface area contributed by atoms with Crippen LogP contribution in [0.1, 0.15) is 38.8 Å². The van der Waals surface area contributed by atoms with Crippen LogP contribution in [-0.2, 0) is 6.54 Å². The minimum Gasteiger partial charge on any atom is -0.389 e. The van der Waals surface area contributed by atoms with E-state index in [0.29, 0.717) is 12.1 Å². The summed E-state index contributed by atoms with van der Waals surface area (Å²) < 4.78 is 0. The molecule has 5 heteroatoms. The molecule has 2 aromatic rings. The first-order valence-corrected chi connectivity index (χ1v) is 12.5. The molecule has 0 bridgehead atoms. The number of aryl methyl sites for hydroxylation is 1. The van der Waals surface area contributed by atoms with Gasteiger partial charge >= 0.3 is 0 Å².